The van der Waals surface area contributed by atoms with Crippen LogP contribution in [0.1, 0.15) is 0 Å². The van der Waals surface area contributed by atoms with Gasteiger partial charge < -0.3 is 105 Å². The highest BCUT2D eigenvalue weighted by atomic mass is 16.8. The van der Waals surface area contributed by atoms with E-state index in [1.807, 2.05) is 0 Å². The van der Waals surface area contributed by atoms with Crippen LogP contribution in [-0.4, -0.2) is 221 Å². The van der Waals surface area contributed by atoms with Gasteiger partial charge in [-0.05, 0) is 0 Å². The van der Waals surface area contributed by atoms with Gasteiger partial charge in [0.2, 0.25) is 0 Å². The molecule has 0 aromatic heterocycles. The first-order chi connectivity index (χ1) is 21.3. The van der Waals surface area contributed by atoms with Gasteiger partial charge in [0.05, 0.1) is 26.4 Å². The van der Waals surface area contributed by atoms with Crippen molar-refractivity contribution in [3.05, 3.63) is 0 Å². The minimum absolute atomic E-state index is 0.784. The van der Waals surface area contributed by atoms with Crippen molar-refractivity contribution in [1.82, 2.24) is 0 Å². The fraction of sp³-hybridized carbons (Fsp3) is 1.00. The van der Waals surface area contributed by atoms with Crippen molar-refractivity contribution in [2.45, 2.75) is 123 Å². The Balaban J connectivity index is 1.43. The lowest BCUT2D eigenvalue weighted by Crippen LogP contribution is -2.67. The second-order valence-corrected chi connectivity index (χ2v) is 11.1. The summed E-state index contributed by atoms with van der Waals surface area (Å²) in [4.78, 5) is 0. The normalized spacial score (nSPS) is 52.9. The molecule has 21 nitrogen and oxygen atoms in total. The Kier molecular flexibility index (Phi) is 12.8. The van der Waals surface area contributed by atoms with Gasteiger partial charge in [0.1, 0.15) is 97.7 Å². The fourth-order valence-corrected chi connectivity index (χ4v) is 5.55. The molecule has 0 aromatic rings. The van der Waals surface area contributed by atoms with Crippen LogP contribution in [0.2, 0.25) is 0 Å². The molecule has 4 aliphatic heterocycles. The van der Waals surface area contributed by atoms with Crippen molar-refractivity contribution < 1.29 is 105 Å². The molecule has 0 aliphatic carbocycles. The van der Waals surface area contributed by atoms with Gasteiger partial charge in [0.25, 0.3) is 0 Å². The van der Waals surface area contributed by atoms with Crippen LogP contribution in [-0.2, 0) is 33.2 Å². The Bertz CT molecular complexity index is 910. The quantitative estimate of drug-likeness (QED) is 0.103. The van der Waals surface area contributed by atoms with Gasteiger partial charge in [-0.2, -0.15) is 0 Å². The molecule has 0 spiro atoms. The van der Waals surface area contributed by atoms with E-state index in [0.717, 1.165) is 0 Å². The number of ether oxygens (including phenoxy) is 7. The predicted octanol–water partition coefficient (Wildman–Crippen LogP) is -9.75. The van der Waals surface area contributed by atoms with Gasteiger partial charge >= 0.3 is 0 Å². The fourth-order valence-electron chi connectivity index (χ4n) is 5.55. The summed E-state index contributed by atoms with van der Waals surface area (Å²) in [5, 5.41) is 142. The lowest BCUT2D eigenvalue weighted by Gasteiger charge is -2.49. The highest BCUT2D eigenvalue weighted by Gasteiger charge is 2.55. The summed E-state index contributed by atoms with van der Waals surface area (Å²) >= 11 is 0. The van der Waals surface area contributed by atoms with Gasteiger partial charge in [-0.15, -0.1) is 0 Å². The molecule has 4 saturated heterocycles. The maximum Gasteiger partial charge on any atom is 0.187 e. The maximum atomic E-state index is 10.9. The van der Waals surface area contributed by atoms with E-state index in [4.69, 9.17) is 33.2 Å². The molecule has 21 heteroatoms. The average Bonchev–Trinajstić information content (AvgIpc) is 3.03. The highest BCUT2D eigenvalue weighted by molar-refractivity contribution is 4.97. The van der Waals surface area contributed by atoms with E-state index in [1.54, 1.807) is 0 Å². The van der Waals surface area contributed by atoms with Crippen molar-refractivity contribution in [3.8, 4) is 0 Å². The standard InChI is InChI=1S/C24H42O21/c25-1-5-9(29)10(30)15(35)22(40-5)44-19-7(3-27)42-24(17(37)12(19)32)45-20-8(4-28)41-23(16(36)13(20)33)43-18-6(2-26)39-21(38)14(34)11(18)31/h5-38H,1-4H2/t5-,6-,7-,8-,9+,10+,11-,12-,13-,14-,15-,16-,17-,18-,19+,20+,21?,22+,23+,24+/m1/s1. The molecule has 14 N–H and O–H groups in total. The Morgan fingerprint density at radius 3 is 1.02 bits per heavy atom. The largest absolute Gasteiger partial charge is 0.394 e. The Labute approximate surface area is 254 Å². The smallest absolute Gasteiger partial charge is 0.187 e. The summed E-state index contributed by atoms with van der Waals surface area (Å²) in [5.41, 5.74) is 0. The zero-order chi connectivity index (χ0) is 33.3. The van der Waals surface area contributed by atoms with Crippen LogP contribution in [0.4, 0.5) is 0 Å². The third kappa shape index (κ3) is 7.44. The van der Waals surface area contributed by atoms with Gasteiger partial charge in [-0.25, -0.2) is 0 Å². The lowest BCUT2D eigenvalue weighted by atomic mass is 9.95. The van der Waals surface area contributed by atoms with E-state index in [2.05, 4.69) is 0 Å². The van der Waals surface area contributed by atoms with Crippen LogP contribution in [0.5, 0.6) is 0 Å². The maximum absolute atomic E-state index is 10.9. The van der Waals surface area contributed by atoms with Crippen LogP contribution >= 0.6 is 0 Å². The summed E-state index contributed by atoms with van der Waals surface area (Å²) in [5.74, 6) is 0. The first kappa shape index (κ1) is 37.0. The molecule has 1 unspecified atom stereocenters. The van der Waals surface area contributed by atoms with Crippen LogP contribution < -0.4 is 0 Å². The van der Waals surface area contributed by atoms with E-state index < -0.39 is 149 Å². The second kappa shape index (κ2) is 15.6. The van der Waals surface area contributed by atoms with Crippen LogP contribution in [0, 0.1) is 0 Å². The Hall–Kier alpha value is -0.840. The van der Waals surface area contributed by atoms with E-state index in [0.29, 0.717) is 0 Å². The van der Waals surface area contributed by atoms with Crippen molar-refractivity contribution in [2.75, 3.05) is 26.4 Å². The first-order valence-electron chi connectivity index (χ1n) is 14.1. The topological polar surface area (TPSA) is 348 Å². The molecule has 0 aromatic carbocycles. The molecule has 4 heterocycles. The molecule has 4 aliphatic rings. The van der Waals surface area contributed by atoms with Crippen molar-refractivity contribution in [2.24, 2.45) is 0 Å². The zero-order valence-corrected chi connectivity index (χ0v) is 23.5. The molecule has 45 heavy (non-hydrogen) atoms. The Morgan fingerprint density at radius 2 is 0.644 bits per heavy atom. The summed E-state index contributed by atoms with van der Waals surface area (Å²) in [7, 11) is 0. The van der Waals surface area contributed by atoms with Gasteiger partial charge in [-0.1, -0.05) is 0 Å². The molecule has 20 atom stereocenters. The molecule has 0 bridgehead atoms. The number of hydrogen-bond acceptors (Lipinski definition) is 21. The van der Waals surface area contributed by atoms with Crippen LogP contribution in [0.15, 0.2) is 0 Å². The summed E-state index contributed by atoms with van der Waals surface area (Å²) in [6, 6.07) is 0. The minimum Gasteiger partial charge on any atom is -0.394 e. The summed E-state index contributed by atoms with van der Waals surface area (Å²) < 4.78 is 37.7. The van der Waals surface area contributed by atoms with E-state index in [-0.39, 0.29) is 0 Å². The average molecular weight is 667 g/mol. The SMILES string of the molecule is OC[C@H]1O[C@@H](O[C@@H]2[C@H](O)[C@@H](O)[C@H](O[C@@H]3[C@H](O)[C@@H](O)[C@H](O[C@H]4[C@H](O)[C@@H](O)C(O)O[C@@H]4CO)O[C@@H]3CO)O[C@@H]2CO)[C@H](O)[C@@H](O)[C@H]1O. The van der Waals surface area contributed by atoms with E-state index in [9.17, 15) is 71.5 Å². The zero-order valence-electron chi connectivity index (χ0n) is 23.5. The third-order valence-corrected chi connectivity index (χ3v) is 8.20. The number of rotatable bonds is 10. The lowest BCUT2D eigenvalue weighted by molar-refractivity contribution is -0.387. The molecule has 0 amide bonds. The van der Waals surface area contributed by atoms with Crippen molar-refractivity contribution in [1.29, 1.82) is 0 Å². The number of hydrogen-bond donors (Lipinski definition) is 14. The Morgan fingerprint density at radius 1 is 0.333 bits per heavy atom. The number of aliphatic hydroxyl groups is 14. The van der Waals surface area contributed by atoms with Gasteiger partial charge in [-0.3, -0.25) is 0 Å². The van der Waals surface area contributed by atoms with Crippen molar-refractivity contribution >= 4 is 0 Å². The van der Waals surface area contributed by atoms with Crippen molar-refractivity contribution in [3.63, 3.8) is 0 Å². The van der Waals surface area contributed by atoms with E-state index in [1.165, 1.54) is 0 Å². The molecular weight excluding hydrogens is 624 g/mol. The van der Waals surface area contributed by atoms with E-state index >= 15 is 0 Å². The molecular formula is C24H42O21. The highest BCUT2D eigenvalue weighted by Crippen LogP contribution is 2.34. The monoisotopic (exact) mass is 666 g/mol. The third-order valence-electron chi connectivity index (χ3n) is 8.20. The summed E-state index contributed by atoms with van der Waals surface area (Å²) in [6.45, 7) is -3.39. The molecule has 264 valence electrons. The predicted molar refractivity (Wildman–Crippen MR) is 134 cm³/mol. The first-order valence-corrected chi connectivity index (χ1v) is 14.1. The van der Waals surface area contributed by atoms with Crippen LogP contribution in [0.3, 0.4) is 0 Å². The molecule has 4 fully saturated rings. The van der Waals surface area contributed by atoms with Crippen LogP contribution in [0.25, 0.3) is 0 Å². The van der Waals surface area contributed by atoms with Gasteiger partial charge in [0.15, 0.2) is 25.2 Å². The minimum atomic E-state index is -2.02. The molecule has 0 radical (unpaired) electrons. The summed E-state index contributed by atoms with van der Waals surface area (Å²) in [6.07, 6.45) is -35.3. The molecule has 0 saturated carbocycles. The second-order valence-electron chi connectivity index (χ2n) is 11.1. The number of aliphatic hydroxyl groups excluding tert-OH is 14. The molecule has 4 rings (SSSR count). The van der Waals surface area contributed by atoms with Gasteiger partial charge in [0, 0.05) is 0 Å².